The molecule has 1 amide bonds. The molecule has 0 unspecified atom stereocenters. The predicted molar refractivity (Wildman–Crippen MR) is 122 cm³/mol. The highest BCUT2D eigenvalue weighted by Gasteiger charge is 2.16. The Morgan fingerprint density at radius 3 is 2.26 bits per heavy atom. The first-order valence-corrected chi connectivity index (χ1v) is 11.4. The number of nitrogens with one attached hydrogen (secondary N) is 2. The van der Waals surface area contributed by atoms with Crippen LogP contribution in [0.2, 0.25) is 0 Å². The Kier molecular flexibility index (Phi) is 6.97. The molecule has 0 fully saturated rings. The van der Waals surface area contributed by atoms with E-state index in [-0.39, 0.29) is 10.8 Å². The molecular weight excluding hydrogens is 412 g/mol. The molecule has 31 heavy (non-hydrogen) atoms. The zero-order chi connectivity index (χ0) is 22.4. The molecule has 3 aromatic carbocycles. The molecule has 0 aliphatic heterocycles. The molecule has 3 rings (SSSR count). The van der Waals surface area contributed by atoms with Crippen LogP contribution in [-0.2, 0) is 16.4 Å². The van der Waals surface area contributed by atoms with Gasteiger partial charge in [-0.2, -0.15) is 0 Å². The number of hydrogen-bond acceptors (Lipinski definition) is 4. The third-order valence-electron chi connectivity index (χ3n) is 4.93. The second kappa shape index (κ2) is 9.66. The summed E-state index contributed by atoms with van der Waals surface area (Å²) in [5.41, 5.74) is 3.55. The number of carbonyl (C=O) groups is 1. The lowest BCUT2D eigenvalue weighted by Gasteiger charge is -2.13. The van der Waals surface area contributed by atoms with Crippen LogP contribution in [0.25, 0.3) is 0 Å². The highest BCUT2D eigenvalue weighted by atomic mass is 32.2. The number of carbonyl (C=O) groups excluding carboxylic acids is 1. The molecule has 0 heterocycles. The maximum absolute atomic E-state index is 12.7. The first-order valence-electron chi connectivity index (χ1n) is 9.90. The average molecular weight is 439 g/mol. The van der Waals surface area contributed by atoms with Crippen LogP contribution in [0.5, 0.6) is 5.75 Å². The SMILES string of the molecule is COc1ccc(CCNC(=O)c2ccc(C)c(NS(=O)(=O)c3ccc(C)cc3)c2)cc1. The van der Waals surface area contributed by atoms with Crippen molar-refractivity contribution in [3.05, 3.63) is 89.0 Å². The largest absolute Gasteiger partial charge is 0.497 e. The van der Waals surface area contributed by atoms with Gasteiger partial charge in [-0.3, -0.25) is 9.52 Å². The third kappa shape index (κ3) is 5.86. The van der Waals surface area contributed by atoms with Crippen molar-refractivity contribution in [3.8, 4) is 5.75 Å². The van der Waals surface area contributed by atoms with Gasteiger partial charge in [0.2, 0.25) is 0 Å². The van der Waals surface area contributed by atoms with Gasteiger partial charge in [-0.25, -0.2) is 8.42 Å². The van der Waals surface area contributed by atoms with Crippen LogP contribution in [0.15, 0.2) is 71.6 Å². The minimum Gasteiger partial charge on any atom is -0.497 e. The quantitative estimate of drug-likeness (QED) is 0.555. The van der Waals surface area contributed by atoms with Crippen molar-refractivity contribution in [2.24, 2.45) is 0 Å². The zero-order valence-electron chi connectivity index (χ0n) is 17.8. The van der Waals surface area contributed by atoms with Gasteiger partial charge in [0.25, 0.3) is 15.9 Å². The van der Waals surface area contributed by atoms with E-state index in [1.807, 2.05) is 31.2 Å². The molecule has 6 nitrogen and oxygen atoms in total. The summed E-state index contributed by atoms with van der Waals surface area (Å²) >= 11 is 0. The van der Waals surface area contributed by atoms with E-state index in [0.717, 1.165) is 22.4 Å². The summed E-state index contributed by atoms with van der Waals surface area (Å²) in [7, 11) is -2.13. The summed E-state index contributed by atoms with van der Waals surface area (Å²) < 4.78 is 33.1. The Bertz CT molecular complexity index is 1160. The van der Waals surface area contributed by atoms with E-state index in [9.17, 15) is 13.2 Å². The Labute approximate surface area is 183 Å². The number of ether oxygens (including phenoxy) is 1. The first-order chi connectivity index (χ1) is 14.8. The molecule has 0 aliphatic rings. The smallest absolute Gasteiger partial charge is 0.261 e. The van der Waals surface area contributed by atoms with Crippen LogP contribution in [0, 0.1) is 13.8 Å². The lowest BCUT2D eigenvalue weighted by atomic mass is 10.1. The molecule has 162 valence electrons. The van der Waals surface area contributed by atoms with E-state index in [0.29, 0.717) is 24.2 Å². The van der Waals surface area contributed by atoms with Gasteiger partial charge < -0.3 is 10.1 Å². The number of methoxy groups -OCH3 is 1. The molecule has 0 bridgehead atoms. The summed E-state index contributed by atoms with van der Waals surface area (Å²) in [5.74, 6) is 0.525. The summed E-state index contributed by atoms with van der Waals surface area (Å²) in [6.45, 7) is 4.15. The van der Waals surface area contributed by atoms with Crippen molar-refractivity contribution in [2.45, 2.75) is 25.2 Å². The van der Waals surface area contributed by atoms with Crippen molar-refractivity contribution < 1.29 is 17.9 Å². The number of benzene rings is 3. The van der Waals surface area contributed by atoms with Crippen molar-refractivity contribution >= 4 is 21.6 Å². The molecule has 2 N–H and O–H groups in total. The maximum Gasteiger partial charge on any atom is 0.261 e. The van der Waals surface area contributed by atoms with E-state index in [2.05, 4.69) is 10.0 Å². The highest BCUT2D eigenvalue weighted by molar-refractivity contribution is 7.92. The molecule has 0 saturated heterocycles. The second-order valence-corrected chi connectivity index (χ2v) is 8.98. The van der Waals surface area contributed by atoms with Crippen molar-refractivity contribution in [2.75, 3.05) is 18.4 Å². The van der Waals surface area contributed by atoms with Gasteiger partial charge in [0.05, 0.1) is 17.7 Å². The Balaban J connectivity index is 1.66. The number of sulfonamides is 1. The fourth-order valence-electron chi connectivity index (χ4n) is 3.01. The number of amides is 1. The fraction of sp³-hybridized carbons (Fsp3) is 0.208. The van der Waals surface area contributed by atoms with Crippen LogP contribution in [0.4, 0.5) is 5.69 Å². The topological polar surface area (TPSA) is 84.5 Å². The van der Waals surface area contributed by atoms with E-state index < -0.39 is 10.0 Å². The lowest BCUT2D eigenvalue weighted by Crippen LogP contribution is -2.26. The van der Waals surface area contributed by atoms with Crippen LogP contribution in [0.1, 0.15) is 27.0 Å². The molecule has 0 spiro atoms. The average Bonchev–Trinajstić information content (AvgIpc) is 2.76. The van der Waals surface area contributed by atoms with Crippen LogP contribution in [0.3, 0.4) is 0 Å². The maximum atomic E-state index is 12.7. The predicted octanol–water partition coefficient (Wildman–Crippen LogP) is 4.09. The molecule has 0 radical (unpaired) electrons. The standard InChI is InChI=1S/C24H26N2O4S/c1-17-4-12-22(13-5-17)31(28,29)26-23-16-20(9-6-18(23)2)24(27)25-15-14-19-7-10-21(30-3)11-8-19/h4-13,16,26H,14-15H2,1-3H3,(H,25,27). The molecule has 7 heteroatoms. The number of rotatable bonds is 8. The third-order valence-corrected chi connectivity index (χ3v) is 6.32. The summed E-state index contributed by atoms with van der Waals surface area (Å²) in [6, 6.07) is 19.2. The number of hydrogen-bond donors (Lipinski definition) is 2. The summed E-state index contributed by atoms with van der Waals surface area (Å²) in [4.78, 5) is 12.7. The highest BCUT2D eigenvalue weighted by Crippen LogP contribution is 2.22. The number of anilines is 1. The first kappa shape index (κ1) is 22.4. The van der Waals surface area contributed by atoms with Gasteiger partial charge in [0.1, 0.15) is 5.75 Å². The summed E-state index contributed by atoms with van der Waals surface area (Å²) in [5, 5.41) is 2.88. The summed E-state index contributed by atoms with van der Waals surface area (Å²) in [6.07, 6.45) is 0.675. The van der Waals surface area contributed by atoms with Gasteiger partial charge in [0, 0.05) is 12.1 Å². The van der Waals surface area contributed by atoms with E-state index in [1.54, 1.807) is 56.5 Å². The molecule has 0 aromatic heterocycles. The molecule has 0 atom stereocenters. The van der Waals surface area contributed by atoms with Gasteiger partial charge in [-0.15, -0.1) is 0 Å². The number of aryl methyl sites for hydroxylation is 2. The molecule has 0 aliphatic carbocycles. The second-order valence-electron chi connectivity index (χ2n) is 7.30. The Hall–Kier alpha value is -3.32. The van der Waals surface area contributed by atoms with E-state index in [1.165, 1.54) is 0 Å². The van der Waals surface area contributed by atoms with Gasteiger partial charge in [-0.1, -0.05) is 35.9 Å². The molecular formula is C24H26N2O4S. The van der Waals surface area contributed by atoms with Crippen LogP contribution >= 0.6 is 0 Å². The Morgan fingerprint density at radius 1 is 0.935 bits per heavy atom. The van der Waals surface area contributed by atoms with Crippen molar-refractivity contribution in [1.82, 2.24) is 5.32 Å². The fourth-order valence-corrected chi connectivity index (χ4v) is 4.13. The van der Waals surface area contributed by atoms with Crippen LogP contribution in [-0.4, -0.2) is 28.0 Å². The lowest BCUT2D eigenvalue weighted by molar-refractivity contribution is 0.0954. The monoisotopic (exact) mass is 438 g/mol. The van der Waals surface area contributed by atoms with Crippen LogP contribution < -0.4 is 14.8 Å². The molecule has 0 saturated carbocycles. The zero-order valence-corrected chi connectivity index (χ0v) is 18.6. The Morgan fingerprint density at radius 2 is 1.61 bits per heavy atom. The van der Waals surface area contributed by atoms with Crippen molar-refractivity contribution in [3.63, 3.8) is 0 Å². The normalized spacial score (nSPS) is 11.1. The van der Waals surface area contributed by atoms with Crippen molar-refractivity contribution in [1.29, 1.82) is 0 Å². The van der Waals surface area contributed by atoms with Gasteiger partial charge in [0.15, 0.2) is 0 Å². The minimum atomic E-state index is -3.75. The van der Waals surface area contributed by atoms with Gasteiger partial charge in [-0.05, 0) is 67.8 Å². The molecule has 3 aromatic rings. The van der Waals surface area contributed by atoms with E-state index >= 15 is 0 Å². The van der Waals surface area contributed by atoms with E-state index in [4.69, 9.17) is 4.74 Å². The minimum absolute atomic E-state index is 0.173. The van der Waals surface area contributed by atoms with Gasteiger partial charge >= 0.3 is 0 Å².